The molecule has 0 radical (unpaired) electrons. The Balaban J connectivity index is 2.09. The number of allylic oxidation sites excluding steroid dienone is 4. The van der Waals surface area contributed by atoms with Gasteiger partial charge < -0.3 is 4.98 Å². The number of rotatable bonds is 9. The predicted molar refractivity (Wildman–Crippen MR) is 179 cm³/mol. The van der Waals surface area contributed by atoms with Crippen molar-refractivity contribution in [1.29, 1.82) is 0 Å². The fraction of sp³-hybridized carbons (Fsp3) is 0.432. The first kappa shape index (κ1) is 29.8. The van der Waals surface area contributed by atoms with E-state index in [1.165, 1.54) is 44.5 Å². The Labute approximate surface area is 250 Å². The van der Waals surface area contributed by atoms with Crippen LogP contribution in [0.4, 0.5) is 0 Å². The first-order valence-corrected chi connectivity index (χ1v) is 16.1. The summed E-state index contributed by atoms with van der Waals surface area (Å²) in [6, 6.07) is 8.85. The van der Waals surface area contributed by atoms with Gasteiger partial charge in [0.05, 0.1) is 33.8 Å². The van der Waals surface area contributed by atoms with E-state index in [9.17, 15) is 4.79 Å². The van der Waals surface area contributed by atoms with Crippen molar-refractivity contribution in [1.82, 2.24) is 19.5 Å². The van der Waals surface area contributed by atoms with E-state index in [0.717, 1.165) is 103 Å². The van der Waals surface area contributed by atoms with E-state index in [4.69, 9.17) is 9.97 Å². The monoisotopic (exact) mass is 562 g/mol. The van der Waals surface area contributed by atoms with Crippen LogP contribution in [0.2, 0.25) is 0 Å². The van der Waals surface area contributed by atoms with Gasteiger partial charge in [-0.1, -0.05) is 55.4 Å². The number of aromatic nitrogens is 4. The van der Waals surface area contributed by atoms with Crippen LogP contribution in [-0.2, 0) is 30.5 Å². The van der Waals surface area contributed by atoms with Crippen LogP contribution in [0.25, 0.3) is 44.4 Å². The molecule has 0 amide bonds. The Morgan fingerprint density at radius 1 is 0.524 bits per heavy atom. The molecule has 0 saturated carbocycles. The summed E-state index contributed by atoms with van der Waals surface area (Å²) in [6.07, 6.45) is 8.16. The van der Waals surface area contributed by atoms with Crippen LogP contribution in [0.3, 0.4) is 0 Å². The van der Waals surface area contributed by atoms with Gasteiger partial charge in [0.1, 0.15) is 0 Å². The largest absolute Gasteiger partial charge is 0.355 e. The number of carbonyl (C=O) groups excluding carboxylic acids is 1. The van der Waals surface area contributed by atoms with Crippen LogP contribution in [0.5, 0.6) is 0 Å². The van der Waals surface area contributed by atoms with Crippen LogP contribution >= 0.6 is 0 Å². The molecule has 0 saturated heterocycles. The van der Waals surface area contributed by atoms with E-state index in [2.05, 4.69) is 84.6 Å². The van der Waals surface area contributed by atoms with E-state index >= 15 is 0 Å². The van der Waals surface area contributed by atoms with Crippen LogP contribution in [0.15, 0.2) is 24.3 Å². The summed E-state index contributed by atoms with van der Waals surface area (Å²) < 4.78 is 1.84. The lowest BCUT2D eigenvalue weighted by Crippen LogP contribution is -1.95. The van der Waals surface area contributed by atoms with Gasteiger partial charge in [-0.3, -0.25) is 9.36 Å². The molecule has 0 aliphatic carbocycles. The second-order valence-electron chi connectivity index (χ2n) is 11.2. The van der Waals surface area contributed by atoms with Crippen molar-refractivity contribution in [3.8, 4) is 0 Å². The highest BCUT2D eigenvalue weighted by molar-refractivity contribution is 5.96. The molecule has 220 valence electrons. The molecule has 0 spiro atoms. The lowest BCUT2D eigenvalue weighted by Gasteiger charge is -2.04. The molecular weight excluding hydrogens is 516 g/mol. The van der Waals surface area contributed by atoms with Gasteiger partial charge >= 0.3 is 0 Å². The minimum Gasteiger partial charge on any atom is -0.355 e. The van der Waals surface area contributed by atoms with Gasteiger partial charge in [0.2, 0.25) is 6.41 Å². The van der Waals surface area contributed by atoms with Gasteiger partial charge in [0, 0.05) is 11.0 Å². The van der Waals surface area contributed by atoms with Crippen molar-refractivity contribution in [2.75, 3.05) is 0 Å². The first-order valence-electron chi connectivity index (χ1n) is 16.1. The van der Waals surface area contributed by atoms with Crippen molar-refractivity contribution >= 4 is 50.8 Å². The Bertz CT molecular complexity index is 1650. The lowest BCUT2D eigenvalue weighted by atomic mass is 9.98. The number of hydrogen-bond donors (Lipinski definition) is 1. The average molecular weight is 563 g/mol. The van der Waals surface area contributed by atoms with Crippen LogP contribution in [0.1, 0.15) is 126 Å². The average Bonchev–Trinajstić information content (AvgIpc) is 3.70. The zero-order valence-electron chi connectivity index (χ0n) is 26.8. The minimum atomic E-state index is 0.845. The molecule has 0 fully saturated rings. The van der Waals surface area contributed by atoms with Crippen LogP contribution < -0.4 is 0 Å². The highest BCUT2D eigenvalue weighted by atomic mass is 16.1. The van der Waals surface area contributed by atoms with E-state index in [1.807, 2.05) is 4.57 Å². The highest BCUT2D eigenvalue weighted by Crippen LogP contribution is 2.39. The molecule has 0 atom stereocenters. The van der Waals surface area contributed by atoms with Crippen molar-refractivity contribution < 1.29 is 4.79 Å². The Morgan fingerprint density at radius 3 is 1.14 bits per heavy atom. The van der Waals surface area contributed by atoms with Crippen molar-refractivity contribution in [2.24, 2.45) is 0 Å². The maximum atomic E-state index is 12.8. The third-order valence-electron chi connectivity index (χ3n) is 9.28. The summed E-state index contributed by atoms with van der Waals surface area (Å²) in [6.45, 7) is 17.7. The molecule has 0 unspecified atom stereocenters. The van der Waals surface area contributed by atoms with Gasteiger partial charge in [0.15, 0.2) is 0 Å². The second-order valence-corrected chi connectivity index (χ2v) is 11.2. The number of aromatic amines is 1. The van der Waals surface area contributed by atoms with Gasteiger partial charge in [-0.15, -0.1) is 0 Å². The fourth-order valence-electron chi connectivity index (χ4n) is 7.36. The number of hydrogen-bond acceptors (Lipinski definition) is 3. The summed E-state index contributed by atoms with van der Waals surface area (Å²) in [5, 5.41) is 0. The van der Waals surface area contributed by atoms with Gasteiger partial charge in [0.25, 0.3) is 0 Å². The molecule has 3 aromatic rings. The van der Waals surface area contributed by atoms with E-state index in [1.54, 1.807) is 0 Å². The van der Waals surface area contributed by atoms with E-state index < -0.39 is 0 Å². The highest BCUT2D eigenvalue weighted by Gasteiger charge is 2.23. The Kier molecular flexibility index (Phi) is 8.68. The number of carbonyl (C=O) groups is 1. The summed E-state index contributed by atoms with van der Waals surface area (Å²) in [5.41, 5.74) is 18.4. The number of H-pyrrole nitrogens is 1. The van der Waals surface area contributed by atoms with Crippen molar-refractivity contribution in [3.63, 3.8) is 0 Å². The number of aryl methyl sites for hydroxylation is 4. The fourth-order valence-corrected chi connectivity index (χ4v) is 7.36. The molecule has 5 heterocycles. The number of fused-ring (bicyclic) bond motifs is 8. The molecule has 5 heteroatoms. The summed E-state index contributed by atoms with van der Waals surface area (Å²) >= 11 is 0. The van der Waals surface area contributed by atoms with Gasteiger partial charge in [-0.2, -0.15) is 0 Å². The maximum Gasteiger partial charge on any atom is 0.218 e. The Morgan fingerprint density at radius 2 is 0.857 bits per heavy atom. The molecular formula is C37H46N4O. The SMILES string of the molecule is CCC1=C(CC)c2cc3c(CC)c(CC)c(cc4nc(cc5[nH]c(cc1n2)c(CC)c5CC)C(CC)=C4CC)n3C=O. The minimum absolute atomic E-state index is 0.845. The van der Waals surface area contributed by atoms with E-state index in [0.29, 0.717) is 0 Å². The van der Waals surface area contributed by atoms with Crippen LogP contribution in [-0.4, -0.2) is 25.9 Å². The topological polar surface area (TPSA) is 63.6 Å². The lowest BCUT2D eigenvalue weighted by molar-refractivity contribution is 0.550. The number of nitrogens with one attached hydrogen (secondary N) is 1. The third-order valence-corrected chi connectivity index (χ3v) is 9.28. The predicted octanol–water partition coefficient (Wildman–Crippen LogP) is 9.54. The molecule has 5 nitrogen and oxygen atoms in total. The quantitative estimate of drug-likeness (QED) is 0.264. The summed E-state index contributed by atoms with van der Waals surface area (Å²) in [7, 11) is 0. The number of nitrogens with zero attached hydrogens (tertiary/aromatic N) is 3. The van der Waals surface area contributed by atoms with Gasteiger partial charge in [-0.25, -0.2) is 9.97 Å². The standard InChI is InChI=1S/C37H46N4O/c1-9-22-23(10-2)31-18-33-25(12-4)27(14-6)35(40-33)20-37-29(16-8)28(15-7)36(41(37)21-42)19-34-26(13-5)24(11-3)32(39-34)17-30(22)38-31/h17-21,38H,9-16H2,1-8H3. The Hall–Kier alpha value is -3.73. The molecule has 0 aromatic carbocycles. The third kappa shape index (κ3) is 4.67. The maximum absolute atomic E-state index is 12.8. The molecule has 2 aliphatic rings. The summed E-state index contributed by atoms with van der Waals surface area (Å²) in [4.78, 5) is 27.2. The first-order chi connectivity index (χ1) is 20.4. The summed E-state index contributed by atoms with van der Waals surface area (Å²) in [5.74, 6) is 0. The molecule has 1 N–H and O–H groups in total. The zero-order chi connectivity index (χ0) is 30.1. The smallest absolute Gasteiger partial charge is 0.218 e. The molecule has 2 aliphatic heterocycles. The van der Waals surface area contributed by atoms with Crippen molar-refractivity contribution in [2.45, 2.75) is 107 Å². The molecule has 42 heavy (non-hydrogen) atoms. The van der Waals surface area contributed by atoms with Crippen molar-refractivity contribution in [3.05, 3.63) is 69.3 Å². The second kappa shape index (κ2) is 12.2. The molecule has 5 rings (SSSR count). The zero-order valence-corrected chi connectivity index (χ0v) is 26.8. The normalized spacial score (nSPS) is 13.4. The van der Waals surface area contributed by atoms with Gasteiger partial charge in [-0.05, 0) is 120 Å². The molecule has 8 bridgehead atoms. The molecule has 3 aromatic heterocycles. The van der Waals surface area contributed by atoms with E-state index in [-0.39, 0.29) is 0 Å². The van der Waals surface area contributed by atoms with Crippen LogP contribution in [0, 0.1) is 0 Å².